The normalized spacial score (nSPS) is 26.8. The fraction of sp³-hybridized carbons (Fsp3) is 0.417. The quantitative estimate of drug-likeness (QED) is 0.854. The Morgan fingerprint density at radius 3 is 2.81 bits per heavy atom. The minimum absolute atomic E-state index is 0.0419. The Kier molecular flexibility index (Phi) is 1.70. The Labute approximate surface area is 102 Å². The minimum atomic E-state index is -2.07. The van der Waals surface area contributed by atoms with Crippen molar-refractivity contribution in [3.63, 3.8) is 0 Å². The maximum Gasteiger partial charge on any atom is 0.407 e. The van der Waals surface area contributed by atoms with E-state index < -0.39 is 18.7 Å². The van der Waals surface area contributed by atoms with Gasteiger partial charge in [0.05, 0.1) is 13.4 Å². The van der Waals surface area contributed by atoms with Gasteiger partial charge in [-0.05, 0) is 37.1 Å². The largest absolute Gasteiger partial charge is 0.490 e. The highest BCUT2D eigenvalue weighted by Crippen LogP contribution is 2.16. The number of alkyl carbamates (subject to hydrolysis) is 1. The number of hydrogen-bond donors (Lipinski definition) is 1. The fourth-order valence-corrected chi connectivity index (χ4v) is 1.35. The summed E-state index contributed by atoms with van der Waals surface area (Å²) in [6.07, 6.45) is -2.04. The number of amides is 1. The predicted molar refractivity (Wildman–Crippen MR) is 59.7 cm³/mol. The van der Waals surface area contributed by atoms with Gasteiger partial charge in [0.2, 0.25) is 0 Å². The molecule has 16 heavy (non-hydrogen) atoms. The zero-order chi connectivity index (χ0) is 15.9. The molecule has 1 aromatic carbocycles. The molecule has 1 aromatic rings. The standard InChI is InChI=1S/C12H15NO3/c1-8-3-9(2)5-10(4-8)15-7-11-6-13-12(14)16-11/h3-5,11H,6-7H2,1-2H3,(H,13,14)/i3D,4D,5D,6D2. The third kappa shape index (κ3) is 2.66. The summed E-state index contributed by atoms with van der Waals surface area (Å²) in [5.74, 6) is -0.0419. The van der Waals surface area contributed by atoms with E-state index in [1.807, 2.05) is 5.32 Å². The first-order valence-corrected chi connectivity index (χ1v) is 4.83. The van der Waals surface area contributed by atoms with Crippen LogP contribution in [0.3, 0.4) is 0 Å². The minimum Gasteiger partial charge on any atom is -0.490 e. The molecule has 1 amide bonds. The van der Waals surface area contributed by atoms with E-state index in [1.54, 1.807) is 13.8 Å². The van der Waals surface area contributed by atoms with Crippen molar-refractivity contribution in [2.75, 3.05) is 13.1 Å². The molecular formula is C12H15NO3. The predicted octanol–water partition coefficient (Wildman–Crippen LogP) is 1.79. The van der Waals surface area contributed by atoms with Crippen molar-refractivity contribution in [3.05, 3.63) is 29.3 Å². The molecule has 86 valence electrons. The number of carbonyl (C=O) groups is 1. The molecule has 1 aliphatic rings. The molecule has 4 heteroatoms. The van der Waals surface area contributed by atoms with Crippen molar-refractivity contribution in [1.82, 2.24) is 5.32 Å². The monoisotopic (exact) mass is 226 g/mol. The van der Waals surface area contributed by atoms with Crippen molar-refractivity contribution in [2.24, 2.45) is 0 Å². The highest BCUT2D eigenvalue weighted by Gasteiger charge is 2.22. The van der Waals surface area contributed by atoms with E-state index in [9.17, 15) is 4.79 Å². The van der Waals surface area contributed by atoms with Crippen LogP contribution in [0.4, 0.5) is 4.79 Å². The fourth-order valence-electron chi connectivity index (χ4n) is 1.35. The number of hydrogen-bond acceptors (Lipinski definition) is 3. The van der Waals surface area contributed by atoms with Crippen LogP contribution in [-0.4, -0.2) is 25.3 Å². The van der Waals surface area contributed by atoms with E-state index in [2.05, 4.69) is 0 Å². The van der Waals surface area contributed by atoms with Crippen LogP contribution in [0, 0.1) is 13.8 Å². The van der Waals surface area contributed by atoms with Gasteiger partial charge < -0.3 is 14.8 Å². The summed E-state index contributed by atoms with van der Waals surface area (Å²) in [5.41, 5.74) is 0.756. The lowest BCUT2D eigenvalue weighted by atomic mass is 10.1. The number of nitrogens with one attached hydrogen (secondary N) is 1. The number of rotatable bonds is 3. The van der Waals surface area contributed by atoms with E-state index in [-0.39, 0.29) is 30.5 Å². The SMILES string of the molecule is [2H]c1c(C)c([2H])c(OCC2OC(=O)NC2([2H])[2H])c([2H])c1C. The molecular weight excluding hydrogens is 206 g/mol. The molecule has 1 fully saturated rings. The average Bonchev–Trinajstić information content (AvgIpc) is 2.66. The second-order valence-corrected chi connectivity index (χ2v) is 3.43. The molecule has 0 bridgehead atoms. The van der Waals surface area contributed by atoms with Crippen LogP contribution in [0.2, 0.25) is 0 Å². The van der Waals surface area contributed by atoms with E-state index in [0.29, 0.717) is 11.1 Å². The first-order chi connectivity index (χ1) is 9.65. The second-order valence-electron chi connectivity index (χ2n) is 3.43. The van der Waals surface area contributed by atoms with Gasteiger partial charge in [0.15, 0.2) is 6.10 Å². The average molecular weight is 226 g/mol. The Hall–Kier alpha value is -1.71. The van der Waals surface area contributed by atoms with Gasteiger partial charge in [0, 0.05) is 0 Å². The van der Waals surface area contributed by atoms with Crippen LogP contribution in [0.15, 0.2) is 18.1 Å². The Balaban J connectivity index is 2.24. The Bertz CT molecular complexity index is 576. The van der Waals surface area contributed by atoms with Crippen LogP contribution < -0.4 is 10.1 Å². The Morgan fingerprint density at radius 2 is 2.25 bits per heavy atom. The molecule has 1 saturated heterocycles. The van der Waals surface area contributed by atoms with Crippen molar-refractivity contribution in [1.29, 1.82) is 0 Å². The highest BCUT2D eigenvalue weighted by atomic mass is 16.6. The van der Waals surface area contributed by atoms with Crippen molar-refractivity contribution in [2.45, 2.75) is 20.0 Å². The van der Waals surface area contributed by atoms with Crippen molar-refractivity contribution < 1.29 is 21.1 Å². The molecule has 0 aliphatic carbocycles. The van der Waals surface area contributed by atoms with Gasteiger partial charge >= 0.3 is 6.09 Å². The summed E-state index contributed by atoms with van der Waals surface area (Å²) >= 11 is 0. The summed E-state index contributed by atoms with van der Waals surface area (Å²) in [6, 6.07) is -0.0662. The number of cyclic esters (lactones) is 1. The molecule has 1 heterocycles. The summed E-state index contributed by atoms with van der Waals surface area (Å²) in [4.78, 5) is 11.0. The van der Waals surface area contributed by atoms with Gasteiger partial charge in [-0.2, -0.15) is 0 Å². The molecule has 1 aliphatic heterocycles. The smallest absolute Gasteiger partial charge is 0.407 e. The van der Waals surface area contributed by atoms with Crippen LogP contribution in [0.1, 0.15) is 18.0 Å². The van der Waals surface area contributed by atoms with Gasteiger partial charge in [0.25, 0.3) is 0 Å². The third-order valence-electron chi connectivity index (χ3n) is 1.94. The summed E-state index contributed by atoms with van der Waals surface area (Å²) in [6.45, 7) is 0.779. The third-order valence-corrected chi connectivity index (χ3v) is 1.94. The van der Waals surface area contributed by atoms with E-state index >= 15 is 0 Å². The molecule has 0 aromatic heterocycles. The van der Waals surface area contributed by atoms with Crippen LogP contribution >= 0.6 is 0 Å². The summed E-state index contributed by atoms with van der Waals surface area (Å²) < 4.78 is 48.8. The van der Waals surface area contributed by atoms with Gasteiger partial charge in [-0.25, -0.2) is 4.79 Å². The zero-order valence-corrected chi connectivity index (χ0v) is 9.01. The zero-order valence-electron chi connectivity index (χ0n) is 14.0. The molecule has 0 radical (unpaired) electrons. The first-order valence-electron chi connectivity index (χ1n) is 7.33. The Morgan fingerprint density at radius 1 is 1.56 bits per heavy atom. The summed E-state index contributed by atoms with van der Waals surface area (Å²) in [7, 11) is 0. The number of benzene rings is 1. The molecule has 4 nitrogen and oxygen atoms in total. The van der Waals surface area contributed by atoms with E-state index in [1.165, 1.54) is 0 Å². The van der Waals surface area contributed by atoms with E-state index in [4.69, 9.17) is 16.3 Å². The molecule has 1 N–H and O–H groups in total. The molecule has 1 unspecified atom stereocenters. The lowest BCUT2D eigenvalue weighted by Gasteiger charge is -2.11. The molecule has 0 spiro atoms. The molecule has 2 rings (SSSR count). The van der Waals surface area contributed by atoms with Crippen LogP contribution in [0.5, 0.6) is 5.75 Å². The van der Waals surface area contributed by atoms with Gasteiger partial charge in [-0.3, -0.25) is 0 Å². The van der Waals surface area contributed by atoms with Gasteiger partial charge in [-0.15, -0.1) is 0 Å². The maximum atomic E-state index is 11.0. The number of carbonyl (C=O) groups excluding carboxylic acids is 1. The van der Waals surface area contributed by atoms with Gasteiger partial charge in [-0.1, -0.05) is 6.04 Å². The lowest BCUT2D eigenvalue weighted by Crippen LogP contribution is -2.21. The molecule has 1 atom stereocenters. The number of ether oxygens (including phenoxy) is 2. The maximum absolute atomic E-state index is 11.0. The summed E-state index contributed by atoms with van der Waals surface area (Å²) in [5, 5.41) is 2.01. The topological polar surface area (TPSA) is 47.6 Å². The van der Waals surface area contributed by atoms with Crippen LogP contribution in [0.25, 0.3) is 0 Å². The van der Waals surface area contributed by atoms with Gasteiger partial charge in [0.1, 0.15) is 12.4 Å². The second kappa shape index (κ2) is 4.43. The van der Waals surface area contributed by atoms with Crippen LogP contribution in [-0.2, 0) is 4.74 Å². The molecule has 0 saturated carbocycles. The lowest BCUT2D eigenvalue weighted by molar-refractivity contribution is 0.105. The van der Waals surface area contributed by atoms with E-state index in [0.717, 1.165) is 0 Å². The van der Waals surface area contributed by atoms with Crippen molar-refractivity contribution >= 4 is 6.09 Å². The first kappa shape index (κ1) is 6.13. The van der Waals surface area contributed by atoms with Crippen molar-refractivity contribution in [3.8, 4) is 5.75 Å². The highest BCUT2D eigenvalue weighted by molar-refractivity contribution is 5.69.